The molecule has 0 aliphatic heterocycles. The number of nitrogen functional groups attached to an aromatic ring is 1. The fraction of sp³-hybridized carbons (Fsp3) is 0.231. The van der Waals surface area contributed by atoms with Crippen LogP contribution in [0, 0.1) is 13.8 Å². The molecule has 0 aliphatic carbocycles. The van der Waals surface area contributed by atoms with Crippen LogP contribution in [0.1, 0.15) is 11.6 Å². The lowest BCUT2D eigenvalue weighted by atomic mass is 10.1. The van der Waals surface area contributed by atoms with Gasteiger partial charge in [0.2, 0.25) is 0 Å². The minimum Gasteiger partial charge on any atom is -0.441 e. The summed E-state index contributed by atoms with van der Waals surface area (Å²) in [5, 5.41) is 4.22. The molecule has 0 amide bonds. The summed E-state index contributed by atoms with van der Waals surface area (Å²) in [5.74, 6) is 1.20. The highest BCUT2D eigenvalue weighted by Gasteiger charge is 2.13. The third kappa shape index (κ3) is 1.48. The Kier molecular flexibility index (Phi) is 2.16. The molecule has 92 valence electrons. The van der Waals surface area contributed by atoms with Crippen molar-refractivity contribution in [2.45, 2.75) is 13.8 Å². The van der Waals surface area contributed by atoms with Crippen LogP contribution in [0.25, 0.3) is 22.2 Å². The first kappa shape index (κ1) is 10.8. The van der Waals surface area contributed by atoms with E-state index in [4.69, 9.17) is 10.2 Å². The van der Waals surface area contributed by atoms with Crippen molar-refractivity contribution >= 4 is 16.9 Å². The molecule has 0 radical (unpaired) electrons. The molecule has 3 rings (SSSR count). The van der Waals surface area contributed by atoms with Gasteiger partial charge in [-0.25, -0.2) is 4.98 Å². The van der Waals surface area contributed by atoms with Crippen molar-refractivity contribution in [3.05, 3.63) is 29.8 Å². The minimum atomic E-state index is 0.537. The monoisotopic (exact) mass is 242 g/mol. The summed E-state index contributed by atoms with van der Waals surface area (Å²) in [6, 6.07) is 5.87. The Bertz CT molecular complexity index is 739. The van der Waals surface area contributed by atoms with Gasteiger partial charge in [-0.05, 0) is 24.6 Å². The van der Waals surface area contributed by atoms with Gasteiger partial charge in [0.25, 0.3) is 0 Å². The number of nitrogens with zero attached hydrogens (tertiary/aromatic N) is 3. The SMILES string of the molecule is Cc1nc2cc(-c3c(N)nn(C)c3C)ccc2o1. The summed E-state index contributed by atoms with van der Waals surface area (Å²) < 4.78 is 7.24. The number of anilines is 1. The molecular formula is C13H14N4O. The van der Waals surface area contributed by atoms with Crippen molar-refractivity contribution in [2.75, 3.05) is 5.73 Å². The maximum absolute atomic E-state index is 5.95. The lowest BCUT2D eigenvalue weighted by Crippen LogP contribution is -1.93. The molecule has 0 unspecified atom stereocenters. The van der Waals surface area contributed by atoms with Gasteiger partial charge in [-0.1, -0.05) is 6.07 Å². The summed E-state index contributed by atoms with van der Waals surface area (Å²) in [7, 11) is 1.88. The largest absolute Gasteiger partial charge is 0.441 e. The molecule has 0 saturated carbocycles. The van der Waals surface area contributed by atoms with Crippen LogP contribution < -0.4 is 5.73 Å². The van der Waals surface area contributed by atoms with Crippen molar-refractivity contribution in [1.29, 1.82) is 0 Å². The van der Waals surface area contributed by atoms with Gasteiger partial charge in [0, 0.05) is 25.2 Å². The second-order valence-electron chi connectivity index (χ2n) is 4.38. The van der Waals surface area contributed by atoms with Crippen LogP contribution in [0.2, 0.25) is 0 Å². The summed E-state index contributed by atoms with van der Waals surface area (Å²) >= 11 is 0. The average Bonchev–Trinajstić information content (AvgIpc) is 2.78. The molecular weight excluding hydrogens is 228 g/mol. The molecule has 0 aliphatic rings. The normalized spacial score (nSPS) is 11.3. The summed E-state index contributed by atoms with van der Waals surface area (Å²) in [6.07, 6.45) is 0. The van der Waals surface area contributed by atoms with Crippen molar-refractivity contribution in [3.63, 3.8) is 0 Å². The molecule has 2 aromatic heterocycles. The van der Waals surface area contributed by atoms with E-state index in [1.165, 1.54) is 0 Å². The van der Waals surface area contributed by atoms with E-state index in [1.807, 2.05) is 39.1 Å². The van der Waals surface area contributed by atoms with E-state index in [0.717, 1.165) is 27.9 Å². The number of aromatic nitrogens is 3. The van der Waals surface area contributed by atoms with Crippen LogP contribution in [0.3, 0.4) is 0 Å². The molecule has 0 bridgehead atoms. The molecule has 18 heavy (non-hydrogen) atoms. The molecule has 1 aromatic carbocycles. The third-order valence-corrected chi connectivity index (χ3v) is 3.14. The lowest BCUT2D eigenvalue weighted by molar-refractivity contribution is 0.561. The summed E-state index contributed by atoms with van der Waals surface area (Å²) in [4.78, 5) is 4.33. The zero-order valence-corrected chi connectivity index (χ0v) is 10.6. The van der Waals surface area contributed by atoms with Crippen LogP contribution in [-0.4, -0.2) is 14.8 Å². The van der Waals surface area contributed by atoms with Gasteiger partial charge < -0.3 is 10.2 Å². The number of fused-ring (bicyclic) bond motifs is 1. The fourth-order valence-corrected chi connectivity index (χ4v) is 2.19. The van der Waals surface area contributed by atoms with Crippen molar-refractivity contribution in [3.8, 4) is 11.1 Å². The van der Waals surface area contributed by atoms with Crippen molar-refractivity contribution in [2.24, 2.45) is 7.05 Å². The standard InChI is InChI=1S/C13H14N4O/c1-7-12(13(14)16-17(7)3)9-4-5-11-10(6-9)15-8(2)18-11/h4-6H,1-3H3,(H2,14,16). The van der Waals surface area contributed by atoms with Gasteiger partial charge in [-0.15, -0.1) is 0 Å². The van der Waals surface area contributed by atoms with Crippen LogP contribution in [0.5, 0.6) is 0 Å². The smallest absolute Gasteiger partial charge is 0.192 e. The van der Waals surface area contributed by atoms with Crippen LogP contribution in [-0.2, 0) is 7.05 Å². The Morgan fingerprint density at radius 1 is 1.28 bits per heavy atom. The van der Waals surface area contributed by atoms with Crippen molar-refractivity contribution in [1.82, 2.24) is 14.8 Å². The Morgan fingerprint density at radius 3 is 2.72 bits per heavy atom. The maximum atomic E-state index is 5.95. The highest BCUT2D eigenvalue weighted by atomic mass is 16.3. The molecule has 3 aromatic rings. The number of aryl methyl sites for hydroxylation is 2. The zero-order chi connectivity index (χ0) is 12.9. The number of oxazole rings is 1. The Morgan fingerprint density at radius 2 is 2.06 bits per heavy atom. The van der Waals surface area contributed by atoms with E-state index in [0.29, 0.717) is 11.7 Å². The van der Waals surface area contributed by atoms with Gasteiger partial charge in [-0.3, -0.25) is 4.68 Å². The highest BCUT2D eigenvalue weighted by Crippen LogP contribution is 2.31. The van der Waals surface area contributed by atoms with E-state index >= 15 is 0 Å². The number of benzene rings is 1. The quantitative estimate of drug-likeness (QED) is 0.711. The summed E-state index contributed by atoms with van der Waals surface area (Å²) in [6.45, 7) is 3.83. The van der Waals surface area contributed by atoms with Gasteiger partial charge >= 0.3 is 0 Å². The van der Waals surface area contributed by atoms with E-state index < -0.39 is 0 Å². The number of hydrogen-bond acceptors (Lipinski definition) is 4. The topological polar surface area (TPSA) is 69.9 Å². The van der Waals surface area contributed by atoms with Crippen LogP contribution in [0.4, 0.5) is 5.82 Å². The predicted octanol–water partition coefficient (Wildman–Crippen LogP) is 2.43. The van der Waals surface area contributed by atoms with Gasteiger partial charge in [-0.2, -0.15) is 5.10 Å². The Hall–Kier alpha value is -2.30. The lowest BCUT2D eigenvalue weighted by Gasteiger charge is -2.01. The first-order chi connectivity index (χ1) is 8.56. The molecule has 2 heterocycles. The van der Waals surface area contributed by atoms with E-state index in [2.05, 4.69) is 10.1 Å². The van der Waals surface area contributed by atoms with Crippen molar-refractivity contribution < 1.29 is 4.42 Å². The predicted molar refractivity (Wildman–Crippen MR) is 70.1 cm³/mol. The molecule has 5 nitrogen and oxygen atoms in total. The number of hydrogen-bond donors (Lipinski definition) is 1. The maximum Gasteiger partial charge on any atom is 0.192 e. The number of rotatable bonds is 1. The highest BCUT2D eigenvalue weighted by molar-refractivity contribution is 5.84. The molecule has 0 fully saturated rings. The molecule has 0 saturated heterocycles. The van der Waals surface area contributed by atoms with Crippen LogP contribution >= 0.6 is 0 Å². The molecule has 0 spiro atoms. The average molecular weight is 242 g/mol. The fourth-order valence-electron chi connectivity index (χ4n) is 2.19. The van der Waals surface area contributed by atoms with E-state index in [1.54, 1.807) is 4.68 Å². The first-order valence-electron chi connectivity index (χ1n) is 5.73. The molecule has 5 heteroatoms. The Labute approximate surface area is 104 Å². The minimum absolute atomic E-state index is 0.537. The van der Waals surface area contributed by atoms with Crippen LogP contribution in [0.15, 0.2) is 22.6 Å². The first-order valence-corrected chi connectivity index (χ1v) is 5.73. The second kappa shape index (κ2) is 3.60. The van der Waals surface area contributed by atoms with Gasteiger partial charge in [0.05, 0.1) is 0 Å². The van der Waals surface area contributed by atoms with E-state index in [9.17, 15) is 0 Å². The van der Waals surface area contributed by atoms with Gasteiger partial charge in [0.15, 0.2) is 17.3 Å². The number of nitrogens with two attached hydrogens (primary N) is 1. The summed E-state index contributed by atoms with van der Waals surface area (Å²) in [5.41, 5.74) is 10.6. The second-order valence-corrected chi connectivity index (χ2v) is 4.38. The molecule has 2 N–H and O–H groups in total. The Balaban J connectivity index is 2.24. The van der Waals surface area contributed by atoms with E-state index in [-0.39, 0.29) is 0 Å². The molecule has 0 atom stereocenters. The van der Waals surface area contributed by atoms with Gasteiger partial charge in [0.1, 0.15) is 5.52 Å². The zero-order valence-electron chi connectivity index (χ0n) is 10.6. The third-order valence-electron chi connectivity index (χ3n) is 3.14.